The molecule has 7 aromatic carbocycles. The van der Waals surface area contributed by atoms with Crippen molar-refractivity contribution in [3.8, 4) is 16.8 Å². The van der Waals surface area contributed by atoms with Gasteiger partial charge in [-0.25, -0.2) is 0 Å². The van der Waals surface area contributed by atoms with Crippen LogP contribution in [0.5, 0.6) is 0 Å². The predicted molar refractivity (Wildman–Crippen MR) is 192 cm³/mol. The lowest BCUT2D eigenvalue weighted by molar-refractivity contribution is 0.748. The molecule has 0 unspecified atom stereocenters. The van der Waals surface area contributed by atoms with Gasteiger partial charge in [0.25, 0.3) is 0 Å². The fourth-order valence-electron chi connectivity index (χ4n) is 9.57. The van der Waals surface area contributed by atoms with E-state index in [1.54, 1.807) is 0 Å². The molecule has 1 nitrogen and oxygen atoms in total. The van der Waals surface area contributed by atoms with Crippen LogP contribution >= 0.6 is 0 Å². The molecule has 0 saturated heterocycles. The molecule has 0 bridgehead atoms. The van der Waals surface area contributed by atoms with Gasteiger partial charge in [0.2, 0.25) is 6.71 Å². The summed E-state index contributed by atoms with van der Waals surface area (Å²) in [6.45, 7) is 0.186. The molecule has 0 radical (unpaired) electrons. The Morgan fingerprint density at radius 1 is 0.522 bits per heavy atom. The molecule has 0 N–H and O–H groups in total. The minimum absolute atomic E-state index is 0.186. The summed E-state index contributed by atoms with van der Waals surface area (Å²) in [5.41, 5.74) is 19.0. The van der Waals surface area contributed by atoms with Gasteiger partial charge in [-0.1, -0.05) is 151 Å². The van der Waals surface area contributed by atoms with Gasteiger partial charge < -0.3 is 4.57 Å². The van der Waals surface area contributed by atoms with Gasteiger partial charge in [0.1, 0.15) is 0 Å². The Balaban J connectivity index is 1.38. The molecule has 2 heteroatoms. The summed E-state index contributed by atoms with van der Waals surface area (Å²) in [7, 11) is 0. The second kappa shape index (κ2) is 8.77. The van der Waals surface area contributed by atoms with Crippen LogP contribution in [0.15, 0.2) is 158 Å². The minimum atomic E-state index is -0.434. The molecule has 46 heavy (non-hydrogen) atoms. The minimum Gasteiger partial charge on any atom is -0.310 e. The Labute approximate surface area is 268 Å². The van der Waals surface area contributed by atoms with E-state index in [4.69, 9.17) is 0 Å². The van der Waals surface area contributed by atoms with Crippen molar-refractivity contribution in [3.63, 3.8) is 0 Å². The van der Waals surface area contributed by atoms with Gasteiger partial charge in [0.15, 0.2) is 0 Å². The Morgan fingerprint density at radius 3 is 1.89 bits per heavy atom. The molecule has 0 saturated carbocycles. The second-order valence-corrected chi connectivity index (χ2v) is 13.1. The average molecular weight is 582 g/mol. The summed E-state index contributed by atoms with van der Waals surface area (Å²) in [6.07, 6.45) is 0.934. The topological polar surface area (TPSA) is 4.93 Å². The first-order chi connectivity index (χ1) is 22.9. The molecular formula is C44H28BN. The van der Waals surface area contributed by atoms with E-state index in [1.807, 2.05) is 0 Å². The largest absolute Gasteiger partial charge is 0.310 e. The highest BCUT2D eigenvalue weighted by Crippen LogP contribution is 2.49. The smallest absolute Gasteiger partial charge is 0.248 e. The SMILES string of the molecule is c1ccc(-c2cc3c4c5c2c2ccccc2n5-c2cccc5c2B4c2c(cccc2C5(c2ccccc2)c2ccccc2)C3)cc1. The van der Waals surface area contributed by atoms with Gasteiger partial charge in [0.05, 0.1) is 16.4 Å². The van der Waals surface area contributed by atoms with Crippen LogP contribution in [0.25, 0.3) is 38.6 Å². The molecule has 4 heterocycles. The number of hydrogen-bond donors (Lipinski definition) is 0. The van der Waals surface area contributed by atoms with E-state index in [-0.39, 0.29) is 6.71 Å². The molecule has 8 aromatic rings. The number of nitrogens with zero attached hydrogens (tertiary/aromatic N) is 1. The summed E-state index contributed by atoms with van der Waals surface area (Å²) in [5.74, 6) is 0. The van der Waals surface area contributed by atoms with E-state index < -0.39 is 5.41 Å². The van der Waals surface area contributed by atoms with Crippen molar-refractivity contribution >= 4 is 44.9 Å². The zero-order valence-corrected chi connectivity index (χ0v) is 25.2. The maximum absolute atomic E-state index is 2.62. The number of para-hydroxylation sites is 1. The lowest BCUT2D eigenvalue weighted by Gasteiger charge is -2.48. The van der Waals surface area contributed by atoms with E-state index >= 15 is 0 Å². The van der Waals surface area contributed by atoms with Gasteiger partial charge in [-0.2, -0.15) is 0 Å². The lowest BCUT2D eigenvalue weighted by atomic mass is 9.27. The van der Waals surface area contributed by atoms with E-state index in [2.05, 4.69) is 162 Å². The fraction of sp³-hybridized carbons (Fsp3) is 0.0455. The van der Waals surface area contributed by atoms with Crippen LogP contribution in [0.1, 0.15) is 33.4 Å². The third-order valence-electron chi connectivity index (χ3n) is 11.1. The number of fused-ring (bicyclic) bond motifs is 4. The van der Waals surface area contributed by atoms with Crippen LogP contribution in [0.3, 0.4) is 0 Å². The highest BCUT2D eigenvalue weighted by molar-refractivity contribution is 7.00. The summed E-state index contributed by atoms with van der Waals surface area (Å²) >= 11 is 0. The van der Waals surface area contributed by atoms with Crippen LogP contribution in [0, 0.1) is 0 Å². The van der Waals surface area contributed by atoms with Crippen molar-refractivity contribution in [3.05, 3.63) is 191 Å². The average Bonchev–Trinajstić information content (AvgIpc) is 3.48. The zero-order chi connectivity index (χ0) is 30.0. The molecule has 11 rings (SSSR count). The maximum Gasteiger partial charge on any atom is 0.248 e. The summed E-state index contributed by atoms with van der Waals surface area (Å²) in [5, 5.41) is 2.70. The lowest BCUT2D eigenvalue weighted by Crippen LogP contribution is -2.67. The normalized spacial score (nSPS) is 14.6. The molecular weight excluding hydrogens is 553 g/mol. The molecule has 0 atom stereocenters. The van der Waals surface area contributed by atoms with Gasteiger partial charge in [-0.3, -0.25) is 0 Å². The van der Waals surface area contributed by atoms with Gasteiger partial charge in [-0.15, -0.1) is 0 Å². The van der Waals surface area contributed by atoms with Crippen molar-refractivity contribution in [2.24, 2.45) is 0 Å². The number of aromatic nitrogens is 1. The fourth-order valence-corrected chi connectivity index (χ4v) is 9.57. The van der Waals surface area contributed by atoms with E-state index in [9.17, 15) is 0 Å². The van der Waals surface area contributed by atoms with Crippen molar-refractivity contribution in [2.45, 2.75) is 11.8 Å². The first-order valence-corrected chi connectivity index (χ1v) is 16.4. The van der Waals surface area contributed by atoms with Crippen LogP contribution < -0.4 is 16.4 Å². The Bertz CT molecular complexity index is 2500. The van der Waals surface area contributed by atoms with Gasteiger partial charge in [0, 0.05) is 16.5 Å². The summed E-state index contributed by atoms with van der Waals surface area (Å²) < 4.78 is 2.62. The number of hydrogen-bond acceptors (Lipinski definition) is 0. The third kappa shape index (κ3) is 2.85. The maximum atomic E-state index is 2.62. The standard InChI is InChI=1S/C44H28BN/c1-4-14-28(15-5-1)34-27-30-26-29-16-12-22-35-40(29)45-41(30)43-39(34)33-21-10-11-24-37(33)46(43)38-25-13-23-36(42(38)45)44(35,31-17-6-2-7-18-31)32-19-8-3-9-20-32/h1-25,27H,26H2. The van der Waals surface area contributed by atoms with Crippen LogP contribution in [0.4, 0.5) is 0 Å². The number of benzene rings is 7. The van der Waals surface area contributed by atoms with Gasteiger partial charge in [-0.05, 0) is 74.0 Å². The van der Waals surface area contributed by atoms with E-state index in [1.165, 1.54) is 88.4 Å². The molecule has 3 aliphatic heterocycles. The molecule has 0 fully saturated rings. The molecule has 212 valence electrons. The molecule has 0 aliphatic carbocycles. The third-order valence-corrected chi connectivity index (χ3v) is 11.1. The monoisotopic (exact) mass is 581 g/mol. The van der Waals surface area contributed by atoms with Crippen LogP contribution in [-0.2, 0) is 11.8 Å². The number of rotatable bonds is 3. The summed E-state index contributed by atoms with van der Waals surface area (Å²) in [6, 6.07) is 59.3. The Morgan fingerprint density at radius 2 is 1.15 bits per heavy atom. The highest BCUT2D eigenvalue weighted by atomic mass is 15.0. The van der Waals surface area contributed by atoms with E-state index in [0.29, 0.717) is 0 Å². The van der Waals surface area contributed by atoms with Crippen molar-refractivity contribution in [1.29, 1.82) is 0 Å². The molecule has 0 spiro atoms. The van der Waals surface area contributed by atoms with Gasteiger partial charge >= 0.3 is 0 Å². The quantitative estimate of drug-likeness (QED) is 0.187. The van der Waals surface area contributed by atoms with Crippen molar-refractivity contribution in [1.82, 2.24) is 4.57 Å². The zero-order valence-electron chi connectivity index (χ0n) is 25.2. The van der Waals surface area contributed by atoms with Crippen LogP contribution in [-0.4, -0.2) is 11.3 Å². The van der Waals surface area contributed by atoms with E-state index in [0.717, 1.165) is 6.42 Å². The first-order valence-electron chi connectivity index (χ1n) is 16.4. The van der Waals surface area contributed by atoms with Crippen LogP contribution in [0.2, 0.25) is 0 Å². The summed E-state index contributed by atoms with van der Waals surface area (Å²) in [4.78, 5) is 0. The predicted octanol–water partition coefficient (Wildman–Crippen LogP) is 7.88. The second-order valence-electron chi connectivity index (χ2n) is 13.1. The van der Waals surface area contributed by atoms with Crippen molar-refractivity contribution < 1.29 is 0 Å². The highest BCUT2D eigenvalue weighted by Gasteiger charge is 2.53. The Kier molecular flexibility index (Phi) is 4.71. The Hall–Kier alpha value is -5.60. The molecule has 0 amide bonds. The van der Waals surface area contributed by atoms with Crippen molar-refractivity contribution in [2.75, 3.05) is 0 Å². The first kappa shape index (κ1) is 24.7. The molecule has 1 aromatic heterocycles. The molecule has 3 aliphatic rings.